The van der Waals surface area contributed by atoms with E-state index in [-0.39, 0.29) is 16.5 Å². The Labute approximate surface area is 111 Å². The first-order valence-electron chi connectivity index (χ1n) is 6.04. The summed E-state index contributed by atoms with van der Waals surface area (Å²) in [4.78, 5) is 13.9. The summed E-state index contributed by atoms with van der Waals surface area (Å²) in [6.45, 7) is 1.27. The summed E-state index contributed by atoms with van der Waals surface area (Å²) in [5.41, 5.74) is -0.0120. The molecule has 1 amide bonds. The highest BCUT2D eigenvalue weighted by Crippen LogP contribution is 2.22. The molecule has 1 aromatic rings. The van der Waals surface area contributed by atoms with Gasteiger partial charge in [0.15, 0.2) is 0 Å². The van der Waals surface area contributed by atoms with E-state index in [9.17, 15) is 9.18 Å². The van der Waals surface area contributed by atoms with Crippen LogP contribution >= 0.6 is 11.6 Å². The summed E-state index contributed by atoms with van der Waals surface area (Å²) in [7, 11) is 1.91. The SMILES string of the molecule is CNC1CCN(C(=O)c2c(F)cccc2Cl)CC1. The number of nitrogens with one attached hydrogen (secondary N) is 1. The minimum Gasteiger partial charge on any atom is -0.338 e. The van der Waals surface area contributed by atoms with E-state index in [0.717, 1.165) is 12.8 Å². The molecule has 0 bridgehead atoms. The van der Waals surface area contributed by atoms with Gasteiger partial charge in [-0.15, -0.1) is 0 Å². The molecule has 3 nitrogen and oxygen atoms in total. The highest BCUT2D eigenvalue weighted by molar-refractivity contribution is 6.33. The molecule has 1 N–H and O–H groups in total. The van der Waals surface area contributed by atoms with Gasteiger partial charge in [0.25, 0.3) is 5.91 Å². The zero-order chi connectivity index (χ0) is 13.1. The molecular formula is C13H16ClFN2O. The minimum atomic E-state index is -0.553. The molecule has 0 spiro atoms. The maximum atomic E-state index is 13.7. The van der Waals surface area contributed by atoms with Crippen molar-refractivity contribution in [1.29, 1.82) is 0 Å². The Kier molecular flexibility index (Phi) is 4.19. The highest BCUT2D eigenvalue weighted by Gasteiger charge is 2.26. The van der Waals surface area contributed by atoms with Crippen LogP contribution in [0.5, 0.6) is 0 Å². The molecule has 0 aliphatic carbocycles. The average molecular weight is 271 g/mol. The van der Waals surface area contributed by atoms with Crippen LogP contribution in [0.1, 0.15) is 23.2 Å². The fraction of sp³-hybridized carbons (Fsp3) is 0.462. The van der Waals surface area contributed by atoms with E-state index in [0.29, 0.717) is 19.1 Å². The minimum absolute atomic E-state index is 0.0120. The summed E-state index contributed by atoms with van der Waals surface area (Å²) < 4.78 is 13.7. The zero-order valence-corrected chi connectivity index (χ0v) is 11.0. The maximum absolute atomic E-state index is 13.7. The Morgan fingerprint density at radius 1 is 1.44 bits per heavy atom. The number of amides is 1. The third kappa shape index (κ3) is 2.65. The van der Waals surface area contributed by atoms with Crippen LogP contribution in [0.4, 0.5) is 4.39 Å². The van der Waals surface area contributed by atoms with Gasteiger partial charge < -0.3 is 10.2 Å². The smallest absolute Gasteiger partial charge is 0.258 e. The third-order valence-electron chi connectivity index (χ3n) is 3.37. The van der Waals surface area contributed by atoms with Crippen LogP contribution in [0.3, 0.4) is 0 Å². The van der Waals surface area contributed by atoms with Crippen molar-refractivity contribution >= 4 is 17.5 Å². The van der Waals surface area contributed by atoms with Crippen molar-refractivity contribution in [3.8, 4) is 0 Å². The Balaban J connectivity index is 2.13. The van der Waals surface area contributed by atoms with Gasteiger partial charge in [-0.05, 0) is 32.0 Å². The number of likely N-dealkylation sites (tertiary alicyclic amines) is 1. The molecule has 0 saturated carbocycles. The van der Waals surface area contributed by atoms with E-state index in [1.54, 1.807) is 4.90 Å². The quantitative estimate of drug-likeness (QED) is 0.894. The maximum Gasteiger partial charge on any atom is 0.258 e. The topological polar surface area (TPSA) is 32.3 Å². The van der Waals surface area contributed by atoms with Gasteiger partial charge in [-0.2, -0.15) is 0 Å². The van der Waals surface area contributed by atoms with Crippen molar-refractivity contribution in [2.45, 2.75) is 18.9 Å². The average Bonchev–Trinajstić information content (AvgIpc) is 2.38. The molecule has 18 heavy (non-hydrogen) atoms. The van der Waals surface area contributed by atoms with Crippen molar-refractivity contribution in [3.63, 3.8) is 0 Å². The lowest BCUT2D eigenvalue weighted by atomic mass is 10.0. The lowest BCUT2D eigenvalue weighted by Gasteiger charge is -2.32. The van der Waals surface area contributed by atoms with E-state index in [4.69, 9.17) is 11.6 Å². The number of hydrogen-bond donors (Lipinski definition) is 1. The van der Waals surface area contributed by atoms with Crippen molar-refractivity contribution in [1.82, 2.24) is 10.2 Å². The molecule has 1 aromatic carbocycles. The van der Waals surface area contributed by atoms with Gasteiger partial charge >= 0.3 is 0 Å². The summed E-state index contributed by atoms with van der Waals surface area (Å²) in [6, 6.07) is 4.74. The second-order valence-corrected chi connectivity index (χ2v) is 4.86. The predicted octanol–water partition coefficient (Wildman–Crippen LogP) is 2.30. The van der Waals surface area contributed by atoms with E-state index >= 15 is 0 Å². The first kappa shape index (κ1) is 13.3. The molecule has 0 radical (unpaired) electrons. The van der Waals surface area contributed by atoms with Crippen molar-refractivity contribution in [2.24, 2.45) is 0 Å². The van der Waals surface area contributed by atoms with Gasteiger partial charge in [-0.1, -0.05) is 17.7 Å². The van der Waals surface area contributed by atoms with Gasteiger partial charge in [0, 0.05) is 19.1 Å². The fourth-order valence-electron chi connectivity index (χ4n) is 2.23. The summed E-state index contributed by atoms with van der Waals surface area (Å²) in [6.07, 6.45) is 1.77. The van der Waals surface area contributed by atoms with Crippen LogP contribution in [0.2, 0.25) is 5.02 Å². The molecular weight excluding hydrogens is 255 g/mol. The lowest BCUT2D eigenvalue weighted by Crippen LogP contribution is -2.44. The van der Waals surface area contributed by atoms with E-state index in [2.05, 4.69) is 5.32 Å². The van der Waals surface area contributed by atoms with Crippen LogP contribution in [0.15, 0.2) is 18.2 Å². The molecule has 0 unspecified atom stereocenters. The molecule has 1 aliphatic rings. The van der Waals surface area contributed by atoms with Crippen LogP contribution in [0, 0.1) is 5.82 Å². The van der Waals surface area contributed by atoms with Gasteiger partial charge in [-0.3, -0.25) is 4.79 Å². The van der Waals surface area contributed by atoms with Crippen molar-refractivity contribution < 1.29 is 9.18 Å². The molecule has 2 rings (SSSR count). The number of hydrogen-bond acceptors (Lipinski definition) is 2. The van der Waals surface area contributed by atoms with Gasteiger partial charge in [-0.25, -0.2) is 4.39 Å². The molecule has 1 heterocycles. The van der Waals surface area contributed by atoms with Gasteiger partial charge in [0.1, 0.15) is 5.82 Å². The van der Waals surface area contributed by atoms with Crippen LogP contribution in [-0.2, 0) is 0 Å². The van der Waals surface area contributed by atoms with Crippen LogP contribution in [-0.4, -0.2) is 37.0 Å². The number of benzene rings is 1. The monoisotopic (exact) mass is 270 g/mol. The molecule has 5 heteroatoms. The standard InChI is InChI=1S/C13H16ClFN2O/c1-16-9-5-7-17(8-6-9)13(18)12-10(14)3-2-4-11(12)15/h2-4,9,16H,5-8H2,1H3. The summed E-state index contributed by atoms with van der Waals surface area (Å²) in [5.74, 6) is -0.865. The number of rotatable bonds is 2. The Bertz CT molecular complexity index is 424. The zero-order valence-electron chi connectivity index (χ0n) is 10.2. The molecule has 1 fully saturated rings. The lowest BCUT2D eigenvalue weighted by molar-refractivity contribution is 0.0703. The predicted molar refractivity (Wildman–Crippen MR) is 69.4 cm³/mol. The molecule has 98 valence electrons. The Morgan fingerprint density at radius 3 is 2.67 bits per heavy atom. The largest absolute Gasteiger partial charge is 0.338 e. The Morgan fingerprint density at radius 2 is 2.11 bits per heavy atom. The third-order valence-corrected chi connectivity index (χ3v) is 3.68. The van der Waals surface area contributed by atoms with Crippen molar-refractivity contribution in [3.05, 3.63) is 34.6 Å². The van der Waals surface area contributed by atoms with Crippen LogP contribution in [0.25, 0.3) is 0 Å². The summed E-state index contributed by atoms with van der Waals surface area (Å²) in [5, 5.41) is 3.36. The fourth-order valence-corrected chi connectivity index (χ4v) is 2.48. The van der Waals surface area contributed by atoms with Crippen LogP contribution < -0.4 is 5.32 Å². The number of nitrogens with zero attached hydrogens (tertiary/aromatic N) is 1. The highest BCUT2D eigenvalue weighted by atomic mass is 35.5. The normalized spacial score (nSPS) is 16.9. The second-order valence-electron chi connectivity index (χ2n) is 4.45. The van der Waals surface area contributed by atoms with E-state index in [1.807, 2.05) is 7.05 Å². The van der Waals surface area contributed by atoms with Gasteiger partial charge in [0.05, 0.1) is 10.6 Å². The van der Waals surface area contributed by atoms with E-state index in [1.165, 1.54) is 18.2 Å². The first-order valence-corrected chi connectivity index (χ1v) is 6.42. The molecule has 1 saturated heterocycles. The molecule has 0 atom stereocenters. The number of carbonyl (C=O) groups is 1. The number of carbonyl (C=O) groups excluding carboxylic acids is 1. The molecule has 1 aliphatic heterocycles. The second kappa shape index (κ2) is 5.67. The Hall–Kier alpha value is -1.13. The van der Waals surface area contributed by atoms with Crippen molar-refractivity contribution in [2.75, 3.05) is 20.1 Å². The number of halogens is 2. The number of piperidine rings is 1. The van der Waals surface area contributed by atoms with E-state index < -0.39 is 5.82 Å². The first-order chi connectivity index (χ1) is 8.63. The van der Waals surface area contributed by atoms with Gasteiger partial charge in [0.2, 0.25) is 0 Å². The summed E-state index contributed by atoms with van der Waals surface area (Å²) >= 11 is 5.90. The molecule has 0 aromatic heterocycles.